The lowest BCUT2D eigenvalue weighted by atomic mass is 10.1. The Bertz CT molecular complexity index is 601. The second-order valence-corrected chi connectivity index (χ2v) is 6.06. The highest BCUT2D eigenvalue weighted by atomic mass is 16.5. The maximum atomic E-state index is 5.87. The Hall–Kier alpha value is -1.95. The van der Waals surface area contributed by atoms with Crippen molar-refractivity contribution in [3.8, 4) is 11.4 Å². The van der Waals surface area contributed by atoms with Crippen LogP contribution in [0.25, 0.3) is 11.4 Å². The molecule has 0 bridgehead atoms. The van der Waals surface area contributed by atoms with Gasteiger partial charge < -0.3 is 15.2 Å². The number of nitrogens with zero attached hydrogens (tertiary/aromatic N) is 4. The average Bonchev–Trinajstić information content (AvgIpc) is 3.05. The van der Waals surface area contributed by atoms with E-state index in [-0.39, 0.29) is 12.0 Å². The largest absolute Gasteiger partial charge is 0.357 e. The van der Waals surface area contributed by atoms with Crippen molar-refractivity contribution in [3.05, 3.63) is 24.2 Å². The van der Waals surface area contributed by atoms with Crippen LogP contribution in [-0.2, 0) is 0 Å². The van der Waals surface area contributed by atoms with Crippen LogP contribution in [0.1, 0.15) is 44.9 Å². The summed E-state index contributed by atoms with van der Waals surface area (Å²) in [5.74, 6) is 2.21. The van der Waals surface area contributed by atoms with Gasteiger partial charge in [-0.25, -0.2) is 4.98 Å². The molecule has 6 heteroatoms. The molecule has 0 amide bonds. The lowest BCUT2D eigenvalue weighted by Gasteiger charge is -2.27. The Kier molecular flexibility index (Phi) is 4.38. The fraction of sp³-hybridized carbons (Fsp3) is 0.562. The summed E-state index contributed by atoms with van der Waals surface area (Å²) in [6.07, 6.45) is 5.62. The molecule has 22 heavy (non-hydrogen) atoms. The van der Waals surface area contributed by atoms with Crippen molar-refractivity contribution >= 4 is 5.82 Å². The minimum Gasteiger partial charge on any atom is -0.357 e. The zero-order valence-corrected chi connectivity index (χ0v) is 13.2. The molecule has 0 aliphatic carbocycles. The minimum atomic E-state index is -0.0205. The van der Waals surface area contributed by atoms with E-state index >= 15 is 0 Å². The zero-order valence-electron chi connectivity index (χ0n) is 13.2. The van der Waals surface area contributed by atoms with E-state index in [1.165, 1.54) is 19.3 Å². The summed E-state index contributed by atoms with van der Waals surface area (Å²) in [6.45, 7) is 6.10. The lowest BCUT2D eigenvalue weighted by molar-refractivity contribution is 0.346. The van der Waals surface area contributed by atoms with Crippen LogP contribution in [0.15, 0.2) is 22.9 Å². The maximum Gasteiger partial charge on any atom is 0.231 e. The molecule has 1 fully saturated rings. The molecule has 118 valence electrons. The fourth-order valence-corrected chi connectivity index (χ4v) is 2.59. The van der Waals surface area contributed by atoms with E-state index < -0.39 is 0 Å². The van der Waals surface area contributed by atoms with Crippen molar-refractivity contribution in [2.45, 2.75) is 45.1 Å². The Morgan fingerprint density at radius 2 is 1.95 bits per heavy atom. The SMILES string of the molecule is CC(N)C(C)c1nc(-c2ccc(N3CCCCC3)nc2)no1. The van der Waals surface area contributed by atoms with Crippen LogP contribution in [0, 0.1) is 0 Å². The first-order valence-electron chi connectivity index (χ1n) is 7.95. The van der Waals surface area contributed by atoms with Gasteiger partial charge in [-0.3, -0.25) is 0 Å². The van der Waals surface area contributed by atoms with E-state index in [1.807, 2.05) is 32.2 Å². The summed E-state index contributed by atoms with van der Waals surface area (Å²) in [5.41, 5.74) is 6.74. The Labute approximate surface area is 130 Å². The van der Waals surface area contributed by atoms with Crippen LogP contribution in [-0.4, -0.2) is 34.3 Å². The molecule has 3 rings (SSSR count). The highest BCUT2D eigenvalue weighted by Crippen LogP contribution is 2.23. The number of rotatable bonds is 4. The normalized spacial score (nSPS) is 18.2. The second-order valence-electron chi connectivity index (χ2n) is 6.06. The molecule has 2 aromatic rings. The number of hydrogen-bond donors (Lipinski definition) is 1. The van der Waals surface area contributed by atoms with E-state index in [9.17, 15) is 0 Å². The summed E-state index contributed by atoms with van der Waals surface area (Å²) in [5, 5.41) is 4.04. The molecule has 1 saturated heterocycles. The van der Waals surface area contributed by atoms with Crippen molar-refractivity contribution in [1.82, 2.24) is 15.1 Å². The van der Waals surface area contributed by atoms with Crippen LogP contribution in [0.2, 0.25) is 0 Å². The summed E-state index contributed by atoms with van der Waals surface area (Å²) >= 11 is 0. The van der Waals surface area contributed by atoms with Gasteiger partial charge in [-0.1, -0.05) is 12.1 Å². The zero-order chi connectivity index (χ0) is 15.5. The highest BCUT2D eigenvalue weighted by Gasteiger charge is 2.19. The quantitative estimate of drug-likeness (QED) is 0.934. The highest BCUT2D eigenvalue weighted by molar-refractivity contribution is 5.56. The van der Waals surface area contributed by atoms with Crippen LogP contribution >= 0.6 is 0 Å². The van der Waals surface area contributed by atoms with Crippen molar-refractivity contribution in [2.75, 3.05) is 18.0 Å². The second kappa shape index (κ2) is 6.44. The summed E-state index contributed by atoms with van der Waals surface area (Å²) in [6, 6.07) is 4.02. The van der Waals surface area contributed by atoms with E-state index in [0.29, 0.717) is 11.7 Å². The van der Waals surface area contributed by atoms with Crippen molar-refractivity contribution in [2.24, 2.45) is 5.73 Å². The van der Waals surface area contributed by atoms with E-state index in [0.717, 1.165) is 24.5 Å². The standard InChI is InChI=1S/C16H23N5O/c1-11(12(2)17)16-19-15(20-22-16)13-6-7-14(18-10-13)21-8-4-3-5-9-21/h6-7,10-12H,3-5,8-9,17H2,1-2H3. The molecule has 2 unspecified atom stereocenters. The number of hydrogen-bond acceptors (Lipinski definition) is 6. The third-order valence-corrected chi connectivity index (χ3v) is 4.31. The third-order valence-electron chi connectivity index (χ3n) is 4.31. The van der Waals surface area contributed by atoms with Gasteiger partial charge in [-0.2, -0.15) is 4.98 Å². The Balaban J connectivity index is 1.75. The van der Waals surface area contributed by atoms with Gasteiger partial charge in [0, 0.05) is 30.9 Å². The number of anilines is 1. The molecular weight excluding hydrogens is 278 g/mol. The number of pyridine rings is 1. The summed E-state index contributed by atoms with van der Waals surface area (Å²) in [4.78, 5) is 11.3. The van der Waals surface area contributed by atoms with E-state index in [4.69, 9.17) is 10.3 Å². The van der Waals surface area contributed by atoms with Gasteiger partial charge in [-0.15, -0.1) is 0 Å². The molecule has 0 aromatic carbocycles. The molecule has 2 aromatic heterocycles. The van der Waals surface area contributed by atoms with Crippen molar-refractivity contribution < 1.29 is 4.52 Å². The van der Waals surface area contributed by atoms with E-state index in [2.05, 4.69) is 20.0 Å². The maximum absolute atomic E-state index is 5.87. The summed E-state index contributed by atoms with van der Waals surface area (Å²) < 4.78 is 5.31. The number of aromatic nitrogens is 3. The predicted molar refractivity (Wildman–Crippen MR) is 85.7 cm³/mol. The monoisotopic (exact) mass is 301 g/mol. The third kappa shape index (κ3) is 3.11. The molecule has 2 atom stereocenters. The molecule has 0 radical (unpaired) electrons. The first-order valence-corrected chi connectivity index (χ1v) is 7.95. The van der Waals surface area contributed by atoms with Gasteiger partial charge in [0.15, 0.2) is 0 Å². The first-order chi connectivity index (χ1) is 10.6. The molecule has 0 saturated carbocycles. The van der Waals surface area contributed by atoms with Gasteiger partial charge in [0.1, 0.15) is 5.82 Å². The summed E-state index contributed by atoms with van der Waals surface area (Å²) in [7, 11) is 0. The van der Waals surface area contributed by atoms with Gasteiger partial charge in [0.05, 0.1) is 5.92 Å². The molecule has 1 aliphatic rings. The first kappa shape index (κ1) is 15.0. The van der Waals surface area contributed by atoms with Crippen molar-refractivity contribution in [1.29, 1.82) is 0 Å². The Morgan fingerprint density at radius 1 is 1.18 bits per heavy atom. The van der Waals surface area contributed by atoms with Crippen molar-refractivity contribution in [3.63, 3.8) is 0 Å². The smallest absolute Gasteiger partial charge is 0.231 e. The van der Waals surface area contributed by atoms with Gasteiger partial charge in [-0.05, 0) is 38.3 Å². The van der Waals surface area contributed by atoms with Crippen LogP contribution < -0.4 is 10.6 Å². The fourth-order valence-electron chi connectivity index (χ4n) is 2.59. The van der Waals surface area contributed by atoms with Gasteiger partial charge in [0.25, 0.3) is 0 Å². The molecule has 2 N–H and O–H groups in total. The van der Waals surface area contributed by atoms with Crippen LogP contribution in [0.3, 0.4) is 0 Å². The number of piperidine rings is 1. The molecule has 1 aliphatic heterocycles. The van der Waals surface area contributed by atoms with Gasteiger partial charge >= 0.3 is 0 Å². The molecule has 0 spiro atoms. The lowest BCUT2D eigenvalue weighted by Crippen LogP contribution is -2.29. The van der Waals surface area contributed by atoms with E-state index in [1.54, 1.807) is 0 Å². The minimum absolute atomic E-state index is 0.0205. The van der Waals surface area contributed by atoms with Crippen LogP contribution in [0.5, 0.6) is 0 Å². The average molecular weight is 301 g/mol. The Morgan fingerprint density at radius 3 is 2.59 bits per heavy atom. The molecular formula is C16H23N5O. The molecule has 3 heterocycles. The van der Waals surface area contributed by atoms with Gasteiger partial charge in [0.2, 0.25) is 11.7 Å². The molecule has 6 nitrogen and oxygen atoms in total. The number of nitrogens with two attached hydrogens (primary N) is 1. The predicted octanol–water partition coefficient (Wildman–Crippen LogP) is 2.57. The topological polar surface area (TPSA) is 81.1 Å². The van der Waals surface area contributed by atoms with Crippen LogP contribution in [0.4, 0.5) is 5.82 Å².